The zero-order valence-corrected chi connectivity index (χ0v) is 20.9. The van der Waals surface area contributed by atoms with Crippen molar-refractivity contribution >= 4 is 34.6 Å². The van der Waals surface area contributed by atoms with Crippen molar-refractivity contribution in [2.75, 3.05) is 13.1 Å². The molecule has 1 radical (unpaired) electrons. The SMILES string of the molecule is O=C(Cn1nc(C(F)F)cc1C(F)F)N1CCC(c2nc(C3=NOC(c4[c]cc(Cl)cc4)C3)cs2)CC1. The maximum absolute atomic E-state index is 13.2. The average Bonchev–Trinajstić information content (AvgIpc) is 3.64. The van der Waals surface area contributed by atoms with Crippen molar-refractivity contribution < 1.29 is 27.2 Å². The number of oxime groups is 1. The van der Waals surface area contributed by atoms with E-state index in [-0.39, 0.29) is 12.0 Å². The standard InChI is InChI=1S/C24H21ClF4N5O2S/c25-15-3-1-13(2-4-15)20-10-16(32-36-20)18-12-37-24(30-18)14-5-7-33(8-6-14)21(35)11-34-19(23(28)29)9-17(31-34)22(26)27/h1,3-4,9,12,14,20,22-23H,5-8,10-11H2. The molecule has 1 unspecified atom stereocenters. The van der Waals surface area contributed by atoms with Crippen LogP contribution >= 0.6 is 22.9 Å². The first-order valence-corrected chi connectivity index (χ1v) is 12.8. The number of piperidine rings is 1. The Kier molecular flexibility index (Phi) is 7.47. The maximum atomic E-state index is 13.2. The van der Waals surface area contributed by atoms with E-state index >= 15 is 0 Å². The van der Waals surface area contributed by atoms with Crippen LogP contribution in [-0.2, 0) is 16.2 Å². The van der Waals surface area contributed by atoms with E-state index in [1.165, 1.54) is 11.3 Å². The van der Waals surface area contributed by atoms with Crippen LogP contribution in [0.3, 0.4) is 0 Å². The van der Waals surface area contributed by atoms with Crippen LogP contribution in [0.1, 0.15) is 71.8 Å². The molecule has 195 valence electrons. The Morgan fingerprint density at radius 3 is 2.68 bits per heavy atom. The summed E-state index contributed by atoms with van der Waals surface area (Å²) in [4.78, 5) is 24.6. The molecule has 0 saturated carbocycles. The average molecular weight is 555 g/mol. The first-order valence-electron chi connectivity index (χ1n) is 11.6. The van der Waals surface area contributed by atoms with Gasteiger partial charge in [-0.3, -0.25) is 9.48 Å². The fraction of sp³-hybridized carbons (Fsp3) is 0.417. The van der Waals surface area contributed by atoms with E-state index < -0.39 is 36.7 Å². The Hall–Kier alpha value is -2.99. The summed E-state index contributed by atoms with van der Waals surface area (Å²) in [6.07, 6.45) is -4.39. The van der Waals surface area contributed by atoms with Crippen LogP contribution in [0.25, 0.3) is 0 Å². The van der Waals surface area contributed by atoms with Gasteiger partial charge in [0.1, 0.15) is 23.6 Å². The topological polar surface area (TPSA) is 72.6 Å². The molecular formula is C24H21ClF4N5O2S. The number of aromatic nitrogens is 3. The Morgan fingerprint density at radius 2 is 2.00 bits per heavy atom. The summed E-state index contributed by atoms with van der Waals surface area (Å²) >= 11 is 7.44. The summed E-state index contributed by atoms with van der Waals surface area (Å²) in [6, 6.07) is 9.05. The molecule has 2 aliphatic rings. The van der Waals surface area contributed by atoms with Gasteiger partial charge in [-0.1, -0.05) is 22.8 Å². The lowest BCUT2D eigenvalue weighted by Crippen LogP contribution is -2.40. The van der Waals surface area contributed by atoms with Gasteiger partial charge >= 0.3 is 0 Å². The van der Waals surface area contributed by atoms with Gasteiger partial charge in [-0.15, -0.1) is 11.3 Å². The van der Waals surface area contributed by atoms with E-state index in [1.807, 2.05) is 11.4 Å². The van der Waals surface area contributed by atoms with Crippen LogP contribution in [0.4, 0.5) is 17.6 Å². The summed E-state index contributed by atoms with van der Waals surface area (Å²) in [6.45, 7) is 0.304. The number of benzene rings is 1. The molecule has 3 aromatic rings. The largest absolute Gasteiger partial charge is 0.387 e. The van der Waals surface area contributed by atoms with Gasteiger partial charge in [-0.05, 0) is 37.1 Å². The van der Waals surface area contributed by atoms with E-state index in [1.54, 1.807) is 17.0 Å². The second-order valence-electron chi connectivity index (χ2n) is 8.78. The third-order valence-electron chi connectivity index (χ3n) is 6.39. The predicted molar refractivity (Wildman–Crippen MR) is 128 cm³/mol. The number of halogens is 5. The molecule has 1 aromatic carbocycles. The van der Waals surface area contributed by atoms with E-state index in [0.29, 0.717) is 48.1 Å². The molecule has 37 heavy (non-hydrogen) atoms. The van der Waals surface area contributed by atoms with Crippen molar-refractivity contribution in [2.45, 2.75) is 50.7 Å². The molecule has 5 rings (SSSR count). The third-order valence-corrected chi connectivity index (χ3v) is 7.63. The maximum Gasteiger partial charge on any atom is 0.282 e. The predicted octanol–water partition coefficient (Wildman–Crippen LogP) is 5.94. The second kappa shape index (κ2) is 10.8. The summed E-state index contributed by atoms with van der Waals surface area (Å²) in [5.41, 5.74) is 0.903. The zero-order chi connectivity index (χ0) is 26.1. The lowest BCUT2D eigenvalue weighted by atomic mass is 9.97. The Morgan fingerprint density at radius 1 is 1.22 bits per heavy atom. The van der Waals surface area contributed by atoms with Gasteiger partial charge in [0, 0.05) is 41.4 Å². The molecule has 0 aliphatic carbocycles. The molecule has 0 bridgehead atoms. The Bertz CT molecular complexity index is 1290. The van der Waals surface area contributed by atoms with E-state index in [4.69, 9.17) is 21.4 Å². The third kappa shape index (κ3) is 5.64. The summed E-state index contributed by atoms with van der Waals surface area (Å²) in [5.74, 6) is -0.301. The number of alkyl halides is 4. The van der Waals surface area contributed by atoms with Crippen LogP contribution in [0, 0.1) is 6.07 Å². The highest BCUT2D eigenvalue weighted by molar-refractivity contribution is 7.10. The molecule has 0 N–H and O–H groups in total. The van der Waals surface area contributed by atoms with Crippen molar-refractivity contribution in [1.29, 1.82) is 0 Å². The van der Waals surface area contributed by atoms with E-state index in [2.05, 4.69) is 16.3 Å². The van der Waals surface area contributed by atoms with E-state index in [0.717, 1.165) is 22.0 Å². The Balaban J connectivity index is 1.16. The summed E-state index contributed by atoms with van der Waals surface area (Å²) < 4.78 is 52.9. The first kappa shape index (κ1) is 25.7. The van der Waals surface area contributed by atoms with Crippen molar-refractivity contribution in [1.82, 2.24) is 19.7 Å². The monoisotopic (exact) mass is 554 g/mol. The lowest BCUT2D eigenvalue weighted by molar-refractivity contribution is -0.133. The van der Waals surface area contributed by atoms with E-state index in [9.17, 15) is 22.4 Å². The van der Waals surface area contributed by atoms with Crippen molar-refractivity contribution in [3.05, 3.63) is 68.4 Å². The highest BCUT2D eigenvalue weighted by atomic mass is 35.5. The van der Waals surface area contributed by atoms with Gasteiger partial charge in [0.05, 0.1) is 10.7 Å². The molecule has 2 aromatic heterocycles. The number of thiazole rings is 1. The number of likely N-dealkylation sites (tertiary alicyclic amines) is 1. The summed E-state index contributed by atoms with van der Waals surface area (Å²) in [7, 11) is 0. The van der Waals surface area contributed by atoms with Crippen LogP contribution in [0.5, 0.6) is 0 Å². The van der Waals surface area contributed by atoms with Crippen LogP contribution < -0.4 is 0 Å². The second-order valence-corrected chi connectivity index (χ2v) is 10.1. The number of rotatable bonds is 7. The summed E-state index contributed by atoms with van der Waals surface area (Å²) in [5, 5.41) is 11.2. The molecule has 7 nitrogen and oxygen atoms in total. The molecule has 4 heterocycles. The molecule has 1 fully saturated rings. The van der Waals surface area contributed by atoms with Crippen LogP contribution in [0.15, 0.2) is 34.8 Å². The van der Waals surface area contributed by atoms with Gasteiger partial charge < -0.3 is 9.74 Å². The zero-order valence-electron chi connectivity index (χ0n) is 19.3. The van der Waals surface area contributed by atoms with Gasteiger partial charge in [-0.2, -0.15) is 5.10 Å². The molecule has 2 aliphatic heterocycles. The van der Waals surface area contributed by atoms with Gasteiger partial charge in [0.25, 0.3) is 12.9 Å². The van der Waals surface area contributed by atoms with Crippen LogP contribution in [0.2, 0.25) is 5.02 Å². The van der Waals surface area contributed by atoms with Crippen molar-refractivity contribution in [3.8, 4) is 0 Å². The smallest absolute Gasteiger partial charge is 0.282 e. The molecule has 0 spiro atoms. The minimum absolute atomic E-state index is 0.137. The number of amides is 1. The fourth-order valence-corrected chi connectivity index (χ4v) is 5.50. The molecule has 1 atom stereocenters. The lowest BCUT2D eigenvalue weighted by Gasteiger charge is -2.31. The fourth-order valence-electron chi connectivity index (χ4n) is 4.39. The number of carbonyl (C=O) groups excluding carboxylic acids is 1. The number of hydrogen-bond donors (Lipinski definition) is 0. The molecule has 1 amide bonds. The molecule has 1 saturated heterocycles. The van der Waals surface area contributed by atoms with Gasteiger partial charge in [0.2, 0.25) is 5.91 Å². The normalized spacial score (nSPS) is 18.5. The molecular weight excluding hydrogens is 534 g/mol. The molecule has 13 heteroatoms. The van der Waals surface area contributed by atoms with Gasteiger partial charge in [-0.25, -0.2) is 22.5 Å². The number of hydrogen-bond acceptors (Lipinski definition) is 6. The Labute approximate surface area is 218 Å². The number of carbonyl (C=O) groups is 1. The highest BCUT2D eigenvalue weighted by Gasteiger charge is 2.30. The quantitative estimate of drug-likeness (QED) is 0.339. The van der Waals surface area contributed by atoms with Gasteiger partial charge in [0.15, 0.2) is 6.10 Å². The minimum Gasteiger partial charge on any atom is -0.387 e. The first-order chi connectivity index (χ1) is 17.8. The highest BCUT2D eigenvalue weighted by Crippen LogP contribution is 2.34. The van der Waals surface area contributed by atoms with Crippen LogP contribution in [-0.4, -0.2) is 44.4 Å². The number of nitrogens with zero attached hydrogens (tertiary/aromatic N) is 5. The van der Waals surface area contributed by atoms with Crippen molar-refractivity contribution in [2.24, 2.45) is 5.16 Å². The minimum atomic E-state index is -3.01. The van der Waals surface area contributed by atoms with Crippen molar-refractivity contribution in [3.63, 3.8) is 0 Å².